The van der Waals surface area contributed by atoms with Gasteiger partial charge in [0.05, 0.1) is 6.10 Å². The number of hydrogen-bond donors (Lipinski definition) is 2. The van der Waals surface area contributed by atoms with E-state index in [2.05, 4.69) is 4.98 Å². The summed E-state index contributed by atoms with van der Waals surface area (Å²) in [5, 5.41) is 10.2. The largest absolute Gasteiger partial charge is 0.491 e. The molecular formula is C14H19NO2. The number of H-pyrrole nitrogens is 1. The van der Waals surface area contributed by atoms with E-state index in [0.29, 0.717) is 6.42 Å². The summed E-state index contributed by atoms with van der Waals surface area (Å²) in [5.41, 5.74) is 3.40. The molecule has 0 saturated heterocycles. The van der Waals surface area contributed by atoms with Crippen LogP contribution in [-0.4, -0.2) is 22.8 Å². The molecule has 0 amide bonds. The van der Waals surface area contributed by atoms with Crippen LogP contribution in [0, 0.1) is 6.92 Å². The van der Waals surface area contributed by atoms with Crippen LogP contribution in [0.5, 0.6) is 5.75 Å². The number of hydrogen-bond acceptors (Lipinski definition) is 2. The molecule has 1 aromatic carbocycles. The number of rotatable bonds is 4. The van der Waals surface area contributed by atoms with Crippen molar-refractivity contribution in [2.45, 2.75) is 33.3 Å². The van der Waals surface area contributed by atoms with E-state index >= 15 is 0 Å². The van der Waals surface area contributed by atoms with Crippen molar-refractivity contribution >= 4 is 10.9 Å². The summed E-state index contributed by atoms with van der Waals surface area (Å²) in [6.07, 6.45) is 0.852. The second kappa shape index (κ2) is 4.80. The molecule has 1 heterocycles. The molecule has 1 aromatic heterocycles. The normalized spacial score (nSPS) is 11.4. The molecule has 0 bridgehead atoms. The number of nitrogens with one attached hydrogen (secondary N) is 1. The number of aryl methyl sites for hydroxylation is 1. The van der Waals surface area contributed by atoms with Crippen LogP contribution in [-0.2, 0) is 6.42 Å². The van der Waals surface area contributed by atoms with Crippen LogP contribution in [0.2, 0.25) is 0 Å². The minimum atomic E-state index is 0.170. The zero-order valence-electron chi connectivity index (χ0n) is 10.6. The summed E-state index contributed by atoms with van der Waals surface area (Å²) < 4.78 is 5.69. The lowest BCUT2D eigenvalue weighted by Gasteiger charge is -2.09. The van der Waals surface area contributed by atoms with Gasteiger partial charge in [-0.1, -0.05) is 0 Å². The van der Waals surface area contributed by atoms with E-state index in [9.17, 15) is 0 Å². The number of fused-ring (bicyclic) bond motifs is 1. The number of aliphatic hydroxyl groups excluding tert-OH is 1. The number of benzene rings is 1. The van der Waals surface area contributed by atoms with Crippen LogP contribution in [0.1, 0.15) is 25.1 Å². The Morgan fingerprint density at radius 1 is 1.35 bits per heavy atom. The first-order valence-electron chi connectivity index (χ1n) is 6.00. The molecule has 0 spiro atoms. The summed E-state index contributed by atoms with van der Waals surface area (Å²) >= 11 is 0. The van der Waals surface area contributed by atoms with Gasteiger partial charge in [0, 0.05) is 23.2 Å². The summed E-state index contributed by atoms with van der Waals surface area (Å²) in [4.78, 5) is 3.33. The van der Waals surface area contributed by atoms with Crippen molar-refractivity contribution in [2.24, 2.45) is 0 Å². The average Bonchev–Trinajstić information content (AvgIpc) is 2.55. The second-order valence-corrected chi connectivity index (χ2v) is 4.58. The lowest BCUT2D eigenvalue weighted by atomic mass is 10.1. The number of aromatic amines is 1. The minimum absolute atomic E-state index is 0.170. The molecule has 92 valence electrons. The van der Waals surface area contributed by atoms with Gasteiger partial charge >= 0.3 is 0 Å². The van der Waals surface area contributed by atoms with E-state index in [1.165, 1.54) is 5.56 Å². The third-order valence-electron chi connectivity index (χ3n) is 2.82. The van der Waals surface area contributed by atoms with Crippen molar-refractivity contribution in [3.63, 3.8) is 0 Å². The smallest absolute Gasteiger partial charge is 0.120 e. The molecule has 0 saturated carbocycles. The molecule has 17 heavy (non-hydrogen) atoms. The quantitative estimate of drug-likeness (QED) is 0.853. The molecule has 0 aliphatic heterocycles. The Kier molecular flexibility index (Phi) is 3.38. The SMILES string of the molecule is Cc1[nH]c2ccc(OC(C)C)cc2c1CCO. The molecule has 2 aromatic rings. The maximum Gasteiger partial charge on any atom is 0.120 e. The van der Waals surface area contributed by atoms with Crippen LogP contribution in [0.3, 0.4) is 0 Å². The molecule has 0 unspecified atom stereocenters. The maximum atomic E-state index is 9.09. The van der Waals surface area contributed by atoms with Gasteiger partial charge in [0.25, 0.3) is 0 Å². The Hall–Kier alpha value is -1.48. The highest BCUT2D eigenvalue weighted by Crippen LogP contribution is 2.27. The van der Waals surface area contributed by atoms with Gasteiger partial charge < -0.3 is 14.8 Å². The van der Waals surface area contributed by atoms with Crippen LogP contribution in [0.15, 0.2) is 18.2 Å². The van der Waals surface area contributed by atoms with E-state index in [-0.39, 0.29) is 12.7 Å². The number of aliphatic hydroxyl groups is 1. The Balaban J connectivity index is 2.46. The monoisotopic (exact) mass is 233 g/mol. The molecule has 3 nitrogen and oxygen atoms in total. The van der Waals surface area contributed by atoms with Gasteiger partial charge in [-0.25, -0.2) is 0 Å². The number of aromatic nitrogens is 1. The van der Waals surface area contributed by atoms with E-state index in [4.69, 9.17) is 9.84 Å². The fraction of sp³-hybridized carbons (Fsp3) is 0.429. The average molecular weight is 233 g/mol. The van der Waals surface area contributed by atoms with Gasteiger partial charge in [0.15, 0.2) is 0 Å². The predicted octanol–water partition coefficient (Wildman–Crippen LogP) is 2.80. The van der Waals surface area contributed by atoms with Crippen LogP contribution in [0.4, 0.5) is 0 Å². The third-order valence-corrected chi connectivity index (χ3v) is 2.82. The zero-order chi connectivity index (χ0) is 12.4. The molecule has 2 N–H and O–H groups in total. The van der Waals surface area contributed by atoms with Crippen LogP contribution >= 0.6 is 0 Å². The van der Waals surface area contributed by atoms with Crippen molar-refractivity contribution in [1.29, 1.82) is 0 Å². The number of ether oxygens (including phenoxy) is 1. The van der Waals surface area contributed by atoms with Gasteiger partial charge in [-0.15, -0.1) is 0 Å². The van der Waals surface area contributed by atoms with E-state index in [1.807, 2.05) is 39.0 Å². The molecule has 0 radical (unpaired) electrons. The van der Waals surface area contributed by atoms with Crippen molar-refractivity contribution in [3.05, 3.63) is 29.5 Å². The summed E-state index contributed by atoms with van der Waals surface area (Å²) in [5.74, 6) is 0.880. The van der Waals surface area contributed by atoms with Gasteiger partial charge in [0.1, 0.15) is 5.75 Å². The van der Waals surface area contributed by atoms with Gasteiger partial charge in [-0.2, -0.15) is 0 Å². The Morgan fingerprint density at radius 3 is 2.76 bits per heavy atom. The third kappa shape index (κ3) is 2.44. The van der Waals surface area contributed by atoms with Gasteiger partial charge in [-0.3, -0.25) is 0 Å². The summed E-state index contributed by atoms with van der Waals surface area (Å²) in [6, 6.07) is 6.05. The van der Waals surface area contributed by atoms with E-state index in [1.54, 1.807) is 0 Å². The highest BCUT2D eigenvalue weighted by atomic mass is 16.5. The van der Waals surface area contributed by atoms with Crippen molar-refractivity contribution < 1.29 is 9.84 Å². The van der Waals surface area contributed by atoms with Crippen molar-refractivity contribution in [3.8, 4) is 5.75 Å². The topological polar surface area (TPSA) is 45.2 Å². The van der Waals surface area contributed by atoms with Crippen molar-refractivity contribution in [2.75, 3.05) is 6.61 Å². The first kappa shape index (κ1) is 12.0. The Morgan fingerprint density at radius 2 is 2.12 bits per heavy atom. The highest BCUT2D eigenvalue weighted by molar-refractivity contribution is 5.86. The summed E-state index contributed by atoms with van der Waals surface area (Å²) in [7, 11) is 0. The Bertz CT molecular complexity index is 514. The van der Waals surface area contributed by atoms with Gasteiger partial charge in [-0.05, 0) is 51.0 Å². The maximum absolute atomic E-state index is 9.09. The van der Waals surface area contributed by atoms with E-state index in [0.717, 1.165) is 22.3 Å². The molecule has 0 aliphatic carbocycles. The highest BCUT2D eigenvalue weighted by Gasteiger charge is 2.09. The first-order valence-corrected chi connectivity index (χ1v) is 6.00. The fourth-order valence-corrected chi connectivity index (χ4v) is 2.14. The zero-order valence-corrected chi connectivity index (χ0v) is 10.6. The molecule has 0 aliphatic rings. The van der Waals surface area contributed by atoms with E-state index < -0.39 is 0 Å². The molecular weight excluding hydrogens is 214 g/mol. The molecule has 2 rings (SSSR count). The molecule has 0 fully saturated rings. The van der Waals surface area contributed by atoms with Crippen LogP contribution in [0.25, 0.3) is 10.9 Å². The predicted molar refractivity (Wildman–Crippen MR) is 69.6 cm³/mol. The summed E-state index contributed by atoms with van der Waals surface area (Å²) in [6.45, 7) is 6.24. The van der Waals surface area contributed by atoms with Gasteiger partial charge in [0.2, 0.25) is 0 Å². The second-order valence-electron chi connectivity index (χ2n) is 4.58. The minimum Gasteiger partial charge on any atom is -0.491 e. The molecule has 3 heteroatoms. The lowest BCUT2D eigenvalue weighted by Crippen LogP contribution is -2.05. The van der Waals surface area contributed by atoms with Crippen LogP contribution < -0.4 is 4.74 Å². The fourth-order valence-electron chi connectivity index (χ4n) is 2.14. The Labute approximate surface area is 101 Å². The lowest BCUT2D eigenvalue weighted by molar-refractivity contribution is 0.242. The van der Waals surface area contributed by atoms with Crippen molar-refractivity contribution in [1.82, 2.24) is 4.98 Å². The molecule has 0 atom stereocenters. The standard InChI is InChI=1S/C14H19NO2/c1-9(2)17-11-4-5-14-13(8-11)12(6-7-16)10(3)15-14/h4-5,8-9,15-16H,6-7H2,1-3H3. The first-order chi connectivity index (χ1) is 8.11.